The lowest BCUT2D eigenvalue weighted by Gasteiger charge is -2.31. The molecular weight excluding hydrogens is 364 g/mol. The van der Waals surface area contributed by atoms with Gasteiger partial charge in [0.05, 0.1) is 26.3 Å². The van der Waals surface area contributed by atoms with Gasteiger partial charge in [0, 0.05) is 24.9 Å². The number of aromatic nitrogens is 7. The highest BCUT2D eigenvalue weighted by atomic mass is 16.5. The van der Waals surface area contributed by atoms with Crippen molar-refractivity contribution in [3.8, 4) is 5.69 Å². The number of ether oxygens (including phenoxy) is 2. The molecule has 0 N–H and O–H groups in total. The Bertz CT molecular complexity index is 909. The lowest BCUT2D eigenvalue weighted by atomic mass is 10.1. The number of tetrazole rings is 1. The summed E-state index contributed by atoms with van der Waals surface area (Å²) in [5.74, 6) is 0.409. The molecule has 3 aromatic rings. The number of rotatable bonds is 6. The van der Waals surface area contributed by atoms with Crippen molar-refractivity contribution < 1.29 is 14.3 Å². The maximum absolute atomic E-state index is 12.9. The minimum Gasteiger partial charge on any atom is -0.383 e. The van der Waals surface area contributed by atoms with E-state index >= 15 is 0 Å². The molecule has 1 unspecified atom stereocenters. The average molecular weight is 384 g/mol. The summed E-state index contributed by atoms with van der Waals surface area (Å²) in [7, 11) is 1.62. The summed E-state index contributed by atoms with van der Waals surface area (Å²) in [6.07, 6.45) is 2.82. The van der Waals surface area contributed by atoms with Crippen LogP contribution in [0.4, 0.5) is 0 Å². The summed E-state index contributed by atoms with van der Waals surface area (Å²) in [5.41, 5.74) is 1.49. The van der Waals surface area contributed by atoms with Gasteiger partial charge in [-0.05, 0) is 29.5 Å². The second-order valence-corrected chi connectivity index (χ2v) is 6.26. The SMILES string of the molecule is COCCn1nnc(C2CN(C(=O)c3ccc(-n4cnnc4)cc3)CCO2)n1. The standard InChI is InChI=1S/C17H20N8O3/c1-27-8-7-25-21-16(20-22-25)15-10-23(6-9-28-15)17(26)13-2-4-14(5-3-13)24-11-18-19-12-24/h2-5,11-12,15H,6-10H2,1H3. The van der Waals surface area contributed by atoms with Crippen molar-refractivity contribution in [2.75, 3.05) is 33.4 Å². The fourth-order valence-corrected chi connectivity index (χ4v) is 2.93. The van der Waals surface area contributed by atoms with Gasteiger partial charge in [0.2, 0.25) is 5.82 Å². The third-order valence-electron chi connectivity index (χ3n) is 4.44. The van der Waals surface area contributed by atoms with Gasteiger partial charge in [-0.25, -0.2) is 0 Å². The van der Waals surface area contributed by atoms with Crippen LogP contribution in [0.25, 0.3) is 5.69 Å². The fourth-order valence-electron chi connectivity index (χ4n) is 2.93. The third kappa shape index (κ3) is 3.89. The van der Waals surface area contributed by atoms with E-state index in [1.165, 1.54) is 4.80 Å². The Labute approximate surface area is 160 Å². The van der Waals surface area contributed by atoms with Gasteiger partial charge in [-0.2, -0.15) is 4.80 Å². The zero-order chi connectivity index (χ0) is 19.3. The van der Waals surface area contributed by atoms with Crippen molar-refractivity contribution in [2.45, 2.75) is 12.6 Å². The predicted octanol–water partition coefficient (Wildman–Crippen LogP) is 0.114. The smallest absolute Gasteiger partial charge is 0.254 e. The second kappa shape index (κ2) is 8.23. The first-order valence-electron chi connectivity index (χ1n) is 8.87. The molecule has 1 fully saturated rings. The number of amides is 1. The first-order valence-corrected chi connectivity index (χ1v) is 8.87. The number of methoxy groups -OCH3 is 1. The van der Waals surface area contributed by atoms with Crippen LogP contribution < -0.4 is 0 Å². The Morgan fingerprint density at radius 1 is 1.25 bits per heavy atom. The van der Waals surface area contributed by atoms with E-state index in [9.17, 15) is 4.79 Å². The molecule has 28 heavy (non-hydrogen) atoms. The number of carbonyl (C=O) groups is 1. The van der Waals surface area contributed by atoms with Crippen LogP contribution in [0.2, 0.25) is 0 Å². The molecule has 11 nitrogen and oxygen atoms in total. The van der Waals surface area contributed by atoms with E-state index in [2.05, 4.69) is 25.6 Å². The molecule has 0 bridgehead atoms. The molecule has 1 aliphatic rings. The van der Waals surface area contributed by atoms with Crippen molar-refractivity contribution in [3.63, 3.8) is 0 Å². The maximum Gasteiger partial charge on any atom is 0.254 e. The zero-order valence-corrected chi connectivity index (χ0v) is 15.4. The first kappa shape index (κ1) is 18.2. The van der Waals surface area contributed by atoms with Gasteiger partial charge < -0.3 is 14.4 Å². The Hall–Kier alpha value is -3.18. The van der Waals surface area contributed by atoms with Crippen LogP contribution in [-0.2, 0) is 16.0 Å². The number of morpholine rings is 1. The highest BCUT2D eigenvalue weighted by Crippen LogP contribution is 2.20. The lowest BCUT2D eigenvalue weighted by molar-refractivity contribution is -0.0269. The Balaban J connectivity index is 1.42. The monoisotopic (exact) mass is 384 g/mol. The van der Waals surface area contributed by atoms with E-state index in [0.717, 1.165) is 5.69 Å². The zero-order valence-electron chi connectivity index (χ0n) is 15.4. The van der Waals surface area contributed by atoms with Crippen molar-refractivity contribution >= 4 is 5.91 Å². The van der Waals surface area contributed by atoms with Gasteiger partial charge in [0.25, 0.3) is 5.91 Å². The summed E-state index contributed by atoms with van der Waals surface area (Å²) in [5, 5.41) is 19.9. The molecule has 1 aromatic carbocycles. The second-order valence-electron chi connectivity index (χ2n) is 6.26. The van der Waals surface area contributed by atoms with E-state index in [1.807, 2.05) is 12.1 Å². The number of hydrogen-bond acceptors (Lipinski definition) is 8. The van der Waals surface area contributed by atoms with Gasteiger partial charge in [-0.3, -0.25) is 9.36 Å². The van der Waals surface area contributed by atoms with Gasteiger partial charge in [-0.15, -0.1) is 20.4 Å². The molecule has 1 aliphatic heterocycles. The molecule has 3 heterocycles. The summed E-state index contributed by atoms with van der Waals surface area (Å²) < 4.78 is 12.5. The molecule has 1 amide bonds. The fraction of sp³-hybridized carbons (Fsp3) is 0.412. The number of nitrogens with zero attached hydrogens (tertiary/aromatic N) is 8. The van der Waals surface area contributed by atoms with Crippen molar-refractivity contribution in [2.24, 2.45) is 0 Å². The van der Waals surface area contributed by atoms with Gasteiger partial charge in [-0.1, -0.05) is 0 Å². The molecule has 0 saturated carbocycles. The van der Waals surface area contributed by atoms with Crippen LogP contribution >= 0.6 is 0 Å². The third-order valence-corrected chi connectivity index (χ3v) is 4.44. The van der Waals surface area contributed by atoms with Crippen molar-refractivity contribution in [1.29, 1.82) is 0 Å². The molecule has 11 heteroatoms. The quantitative estimate of drug-likeness (QED) is 0.589. The summed E-state index contributed by atoms with van der Waals surface area (Å²) in [6, 6.07) is 7.30. The number of benzene rings is 1. The van der Waals surface area contributed by atoms with Crippen LogP contribution in [0.3, 0.4) is 0 Å². The Morgan fingerprint density at radius 3 is 2.79 bits per heavy atom. The number of hydrogen-bond donors (Lipinski definition) is 0. The molecule has 0 aliphatic carbocycles. The van der Waals surface area contributed by atoms with Crippen LogP contribution in [-0.4, -0.2) is 79.2 Å². The molecular formula is C17H20N8O3. The molecule has 0 radical (unpaired) electrons. The highest BCUT2D eigenvalue weighted by Gasteiger charge is 2.29. The van der Waals surface area contributed by atoms with Crippen LogP contribution in [0.15, 0.2) is 36.9 Å². The van der Waals surface area contributed by atoms with E-state index in [-0.39, 0.29) is 5.91 Å². The predicted molar refractivity (Wildman–Crippen MR) is 95.6 cm³/mol. The minimum absolute atomic E-state index is 0.0598. The van der Waals surface area contributed by atoms with Gasteiger partial charge in [0.15, 0.2) is 0 Å². The Morgan fingerprint density at radius 2 is 2.04 bits per heavy atom. The van der Waals surface area contributed by atoms with Gasteiger partial charge >= 0.3 is 0 Å². The Kier molecular flexibility index (Phi) is 5.35. The molecule has 1 atom stereocenters. The maximum atomic E-state index is 12.9. The summed E-state index contributed by atoms with van der Waals surface area (Å²) in [6.45, 7) is 2.32. The normalized spacial score (nSPS) is 17.0. The molecule has 0 spiro atoms. The summed E-state index contributed by atoms with van der Waals surface area (Å²) in [4.78, 5) is 16.1. The highest BCUT2D eigenvalue weighted by molar-refractivity contribution is 5.94. The largest absolute Gasteiger partial charge is 0.383 e. The summed E-state index contributed by atoms with van der Waals surface area (Å²) >= 11 is 0. The minimum atomic E-state index is -0.398. The van der Waals surface area contributed by atoms with Crippen molar-refractivity contribution in [1.82, 2.24) is 39.9 Å². The van der Waals surface area contributed by atoms with E-state index in [4.69, 9.17) is 9.47 Å². The first-order chi connectivity index (χ1) is 13.7. The molecule has 4 rings (SSSR count). The molecule has 146 valence electrons. The van der Waals surface area contributed by atoms with Gasteiger partial charge in [0.1, 0.15) is 18.8 Å². The van der Waals surface area contributed by atoms with Crippen LogP contribution in [0.1, 0.15) is 22.3 Å². The van der Waals surface area contributed by atoms with Crippen molar-refractivity contribution in [3.05, 3.63) is 48.3 Å². The average Bonchev–Trinajstić information content (AvgIpc) is 3.44. The molecule has 1 saturated heterocycles. The molecule has 2 aromatic heterocycles. The number of carbonyl (C=O) groups excluding carboxylic acids is 1. The topological polar surface area (TPSA) is 113 Å². The van der Waals surface area contributed by atoms with E-state index in [0.29, 0.717) is 44.2 Å². The van der Waals surface area contributed by atoms with E-state index < -0.39 is 6.10 Å². The lowest BCUT2D eigenvalue weighted by Crippen LogP contribution is -2.42. The van der Waals surface area contributed by atoms with Crippen LogP contribution in [0, 0.1) is 0 Å². The van der Waals surface area contributed by atoms with E-state index in [1.54, 1.807) is 41.4 Å². The van der Waals surface area contributed by atoms with Crippen LogP contribution in [0.5, 0.6) is 0 Å².